The lowest BCUT2D eigenvalue weighted by atomic mass is 10.0. The van der Waals surface area contributed by atoms with E-state index in [1.165, 1.54) is 4.57 Å². The van der Waals surface area contributed by atoms with Crippen LogP contribution in [0.2, 0.25) is 0 Å². The van der Waals surface area contributed by atoms with Crippen molar-refractivity contribution in [1.82, 2.24) is 4.57 Å². The molecule has 4 rings (SSSR count). The van der Waals surface area contributed by atoms with E-state index in [0.29, 0.717) is 32.9 Å². The van der Waals surface area contributed by atoms with Gasteiger partial charge in [0, 0.05) is 27.2 Å². The largest absolute Gasteiger partial charge is 0.390 e. The quantitative estimate of drug-likeness (QED) is 0.553. The summed E-state index contributed by atoms with van der Waals surface area (Å²) in [6.45, 7) is 0.138. The molecule has 0 saturated heterocycles. The first-order valence-electron chi connectivity index (χ1n) is 7.67. The summed E-state index contributed by atoms with van der Waals surface area (Å²) in [5.74, 6) is -0.0705. The molecule has 1 aromatic heterocycles. The number of halogens is 1. The summed E-state index contributed by atoms with van der Waals surface area (Å²) in [5.41, 5.74) is 2.33. The lowest BCUT2D eigenvalue weighted by Gasteiger charge is -2.17. The predicted octanol–water partition coefficient (Wildman–Crippen LogP) is 2.97. The van der Waals surface area contributed by atoms with Gasteiger partial charge in [0.2, 0.25) is 0 Å². The second-order valence-corrected chi connectivity index (χ2v) is 6.52. The Morgan fingerprint density at radius 3 is 2.29 bits per heavy atom. The van der Waals surface area contributed by atoms with Gasteiger partial charge in [-0.1, -0.05) is 58.4 Å². The van der Waals surface area contributed by atoms with Gasteiger partial charge in [0.25, 0.3) is 5.56 Å². The Morgan fingerprint density at radius 1 is 0.958 bits per heavy atom. The maximum absolute atomic E-state index is 13.0. The van der Waals surface area contributed by atoms with Crippen LogP contribution in [0.5, 0.6) is 0 Å². The summed E-state index contributed by atoms with van der Waals surface area (Å²) in [6, 6.07) is 14.5. The molecule has 1 N–H and O–H groups in total. The Bertz CT molecular complexity index is 1040. The number of aromatic nitrogens is 1. The second kappa shape index (κ2) is 5.69. The van der Waals surface area contributed by atoms with Crippen molar-refractivity contribution >= 4 is 32.5 Å². The first-order valence-corrected chi connectivity index (χ1v) is 8.79. The minimum atomic E-state index is -0.712. The summed E-state index contributed by atoms with van der Waals surface area (Å²) >= 11 is 3.24. The molecule has 24 heavy (non-hydrogen) atoms. The van der Waals surface area contributed by atoms with Crippen LogP contribution in [0.15, 0.2) is 53.3 Å². The zero-order chi connectivity index (χ0) is 16.8. The third-order valence-electron chi connectivity index (χ3n) is 4.40. The molecule has 0 aliphatic heterocycles. The van der Waals surface area contributed by atoms with Gasteiger partial charge in [-0.3, -0.25) is 9.59 Å². The molecule has 4 nitrogen and oxygen atoms in total. The van der Waals surface area contributed by atoms with E-state index in [1.807, 2.05) is 30.3 Å². The maximum Gasteiger partial charge on any atom is 0.259 e. The number of hydrogen-bond donors (Lipinski definition) is 1. The van der Waals surface area contributed by atoms with Crippen molar-refractivity contribution < 1.29 is 9.90 Å². The number of ketones is 1. The minimum absolute atomic E-state index is 0.0705. The SMILES string of the molecule is O=C1c2ccccc2-c2c1c1ccccc1c(=O)n2CC(O)CBr. The van der Waals surface area contributed by atoms with Gasteiger partial charge in [0.1, 0.15) is 0 Å². The molecular formula is C19H14BrNO3. The number of benzene rings is 2. The Kier molecular flexibility index (Phi) is 3.62. The highest BCUT2D eigenvalue weighted by Crippen LogP contribution is 2.39. The van der Waals surface area contributed by atoms with E-state index in [2.05, 4.69) is 15.9 Å². The Balaban J connectivity index is 2.15. The van der Waals surface area contributed by atoms with E-state index in [-0.39, 0.29) is 17.9 Å². The van der Waals surface area contributed by atoms with Gasteiger partial charge >= 0.3 is 0 Å². The number of aliphatic hydroxyl groups excluding tert-OH is 1. The van der Waals surface area contributed by atoms with Crippen LogP contribution in [0.1, 0.15) is 15.9 Å². The molecule has 0 amide bonds. The summed E-state index contributed by atoms with van der Waals surface area (Å²) in [4.78, 5) is 25.9. The normalized spacial score (nSPS) is 13.8. The molecule has 0 fully saturated rings. The predicted molar refractivity (Wildman–Crippen MR) is 96.9 cm³/mol. The van der Waals surface area contributed by atoms with Crippen molar-refractivity contribution in [3.8, 4) is 11.3 Å². The van der Waals surface area contributed by atoms with Crippen molar-refractivity contribution in [2.24, 2.45) is 0 Å². The number of alkyl halides is 1. The lowest BCUT2D eigenvalue weighted by molar-refractivity contribution is 0.104. The summed E-state index contributed by atoms with van der Waals surface area (Å²) in [5, 5.41) is 11.6. The highest BCUT2D eigenvalue weighted by molar-refractivity contribution is 9.09. The summed E-state index contributed by atoms with van der Waals surface area (Å²) in [7, 11) is 0. The van der Waals surface area contributed by atoms with E-state index in [4.69, 9.17) is 0 Å². The van der Waals surface area contributed by atoms with Crippen LogP contribution >= 0.6 is 15.9 Å². The Morgan fingerprint density at radius 2 is 1.58 bits per heavy atom. The molecule has 1 aliphatic carbocycles. The maximum atomic E-state index is 13.0. The first kappa shape index (κ1) is 15.3. The third-order valence-corrected chi connectivity index (χ3v) is 5.15. The van der Waals surface area contributed by atoms with Crippen LogP contribution in [0, 0.1) is 0 Å². The van der Waals surface area contributed by atoms with E-state index < -0.39 is 6.10 Å². The zero-order valence-electron chi connectivity index (χ0n) is 12.7. The molecule has 0 radical (unpaired) electrons. The summed E-state index contributed by atoms with van der Waals surface area (Å²) < 4.78 is 1.54. The Hall–Kier alpha value is -2.24. The van der Waals surface area contributed by atoms with Crippen molar-refractivity contribution in [3.05, 3.63) is 70.0 Å². The molecule has 1 heterocycles. The van der Waals surface area contributed by atoms with Crippen LogP contribution in [-0.2, 0) is 6.54 Å². The molecule has 0 bridgehead atoms. The number of hydrogen-bond acceptors (Lipinski definition) is 3. The highest BCUT2D eigenvalue weighted by atomic mass is 79.9. The number of nitrogens with zero attached hydrogens (tertiary/aromatic N) is 1. The average molecular weight is 384 g/mol. The van der Waals surface area contributed by atoms with Gasteiger partial charge in [-0.2, -0.15) is 0 Å². The van der Waals surface area contributed by atoms with Crippen molar-refractivity contribution in [2.45, 2.75) is 12.6 Å². The molecule has 3 aromatic rings. The number of fused-ring (bicyclic) bond motifs is 5. The van der Waals surface area contributed by atoms with Crippen LogP contribution in [-0.4, -0.2) is 26.9 Å². The standard InChI is InChI=1S/C19H14BrNO3/c20-9-11(22)10-21-17-13-6-2-3-7-14(13)18(23)16(17)12-5-1-4-8-15(12)19(21)24/h1-8,11,22H,9-10H2. The average Bonchev–Trinajstić information content (AvgIpc) is 2.92. The van der Waals surface area contributed by atoms with Gasteiger partial charge in [-0.15, -0.1) is 0 Å². The van der Waals surface area contributed by atoms with Gasteiger partial charge in [0.05, 0.1) is 23.9 Å². The van der Waals surface area contributed by atoms with Gasteiger partial charge in [-0.25, -0.2) is 0 Å². The number of rotatable bonds is 3. The molecular weight excluding hydrogens is 370 g/mol. The molecule has 1 aliphatic rings. The van der Waals surface area contributed by atoms with Crippen molar-refractivity contribution in [1.29, 1.82) is 0 Å². The number of carbonyl (C=O) groups is 1. The minimum Gasteiger partial charge on any atom is -0.390 e. The van der Waals surface area contributed by atoms with Gasteiger partial charge < -0.3 is 9.67 Å². The molecule has 0 spiro atoms. The fourth-order valence-electron chi connectivity index (χ4n) is 3.36. The van der Waals surface area contributed by atoms with E-state index in [1.54, 1.807) is 18.2 Å². The van der Waals surface area contributed by atoms with E-state index in [9.17, 15) is 14.7 Å². The van der Waals surface area contributed by atoms with Crippen LogP contribution in [0.3, 0.4) is 0 Å². The second-order valence-electron chi connectivity index (χ2n) is 5.87. The van der Waals surface area contributed by atoms with E-state index >= 15 is 0 Å². The number of aliphatic hydroxyl groups is 1. The molecule has 1 atom stereocenters. The van der Waals surface area contributed by atoms with Crippen LogP contribution in [0.4, 0.5) is 0 Å². The Labute approximate surface area is 146 Å². The molecule has 120 valence electrons. The molecule has 1 unspecified atom stereocenters. The zero-order valence-corrected chi connectivity index (χ0v) is 14.3. The van der Waals surface area contributed by atoms with Crippen LogP contribution < -0.4 is 5.56 Å². The monoisotopic (exact) mass is 383 g/mol. The molecule has 0 saturated carbocycles. The lowest BCUT2D eigenvalue weighted by Crippen LogP contribution is -2.29. The molecule has 2 aromatic carbocycles. The van der Waals surface area contributed by atoms with Crippen LogP contribution in [0.25, 0.3) is 22.0 Å². The van der Waals surface area contributed by atoms with E-state index in [0.717, 1.165) is 5.56 Å². The first-order chi connectivity index (χ1) is 11.6. The topological polar surface area (TPSA) is 59.3 Å². The fourth-order valence-corrected chi connectivity index (χ4v) is 3.57. The molecule has 5 heteroatoms. The summed E-state index contributed by atoms with van der Waals surface area (Å²) in [6.07, 6.45) is -0.712. The number of pyridine rings is 1. The highest BCUT2D eigenvalue weighted by Gasteiger charge is 2.32. The number of carbonyl (C=O) groups excluding carboxylic acids is 1. The van der Waals surface area contributed by atoms with Gasteiger partial charge in [0.15, 0.2) is 5.78 Å². The fraction of sp³-hybridized carbons (Fsp3) is 0.158. The van der Waals surface area contributed by atoms with Crippen molar-refractivity contribution in [3.63, 3.8) is 0 Å². The smallest absolute Gasteiger partial charge is 0.259 e. The van der Waals surface area contributed by atoms with Gasteiger partial charge in [-0.05, 0) is 6.07 Å². The van der Waals surface area contributed by atoms with Crippen molar-refractivity contribution in [2.75, 3.05) is 5.33 Å². The third kappa shape index (κ3) is 2.08.